The van der Waals surface area contributed by atoms with Gasteiger partial charge in [-0.3, -0.25) is 5.01 Å². The third-order valence-corrected chi connectivity index (χ3v) is 3.08. The Labute approximate surface area is 96.9 Å². The summed E-state index contributed by atoms with van der Waals surface area (Å²) in [4.78, 5) is 0. The van der Waals surface area contributed by atoms with Crippen molar-refractivity contribution in [2.24, 2.45) is 10.8 Å². The van der Waals surface area contributed by atoms with E-state index in [2.05, 4.69) is 47.4 Å². The molecule has 86 valence electrons. The Morgan fingerprint density at radius 2 is 2.12 bits per heavy atom. The lowest BCUT2D eigenvalue weighted by Crippen LogP contribution is -2.17. The molecule has 0 saturated carbocycles. The van der Waals surface area contributed by atoms with Crippen LogP contribution in [0.15, 0.2) is 35.4 Å². The van der Waals surface area contributed by atoms with Crippen molar-refractivity contribution in [3.63, 3.8) is 0 Å². The lowest BCUT2D eigenvalue weighted by atomic mass is 9.98. The molecule has 16 heavy (non-hydrogen) atoms. The van der Waals surface area contributed by atoms with Gasteiger partial charge in [-0.15, -0.1) is 0 Å². The number of hydrogen-bond donors (Lipinski definition) is 1. The molecule has 2 N–H and O–H groups in total. The maximum absolute atomic E-state index is 5.65. The quantitative estimate of drug-likeness (QED) is 0.839. The number of nitrogens with two attached hydrogens (primary N) is 1. The average Bonchev–Trinajstić information content (AvgIpc) is 2.73. The van der Waals surface area contributed by atoms with Gasteiger partial charge < -0.3 is 5.73 Å². The third-order valence-electron chi connectivity index (χ3n) is 3.08. The maximum Gasteiger partial charge on any atom is 0.121 e. The van der Waals surface area contributed by atoms with Crippen LogP contribution in [0.5, 0.6) is 0 Å². The highest BCUT2D eigenvalue weighted by molar-refractivity contribution is 5.81. The SMILES string of the molecule is CC(CCN1CCC(N)=N1)c1ccccc1. The molecule has 0 aromatic heterocycles. The normalized spacial score (nSPS) is 17.3. The van der Waals surface area contributed by atoms with Crippen molar-refractivity contribution in [1.29, 1.82) is 0 Å². The van der Waals surface area contributed by atoms with Crippen molar-refractivity contribution in [3.05, 3.63) is 35.9 Å². The first kappa shape index (κ1) is 11.0. The predicted molar refractivity (Wildman–Crippen MR) is 67.3 cm³/mol. The van der Waals surface area contributed by atoms with Gasteiger partial charge in [0.2, 0.25) is 0 Å². The second-order valence-electron chi connectivity index (χ2n) is 4.40. The molecule has 1 atom stereocenters. The topological polar surface area (TPSA) is 41.6 Å². The Bertz CT molecular complexity index is 359. The number of rotatable bonds is 4. The van der Waals surface area contributed by atoms with E-state index in [0.717, 1.165) is 31.8 Å². The van der Waals surface area contributed by atoms with E-state index in [1.165, 1.54) is 5.56 Å². The van der Waals surface area contributed by atoms with Gasteiger partial charge in [0.25, 0.3) is 0 Å². The molecule has 0 spiro atoms. The zero-order chi connectivity index (χ0) is 11.4. The molecule has 0 amide bonds. The van der Waals surface area contributed by atoms with E-state index < -0.39 is 0 Å². The molecule has 1 aromatic carbocycles. The summed E-state index contributed by atoms with van der Waals surface area (Å²) in [6.45, 7) is 4.24. The van der Waals surface area contributed by atoms with E-state index in [1.807, 2.05) is 0 Å². The molecule has 1 unspecified atom stereocenters. The number of nitrogens with zero attached hydrogens (tertiary/aromatic N) is 2. The minimum absolute atomic E-state index is 0.582. The summed E-state index contributed by atoms with van der Waals surface area (Å²) in [6, 6.07) is 10.6. The summed E-state index contributed by atoms with van der Waals surface area (Å²) in [6.07, 6.45) is 2.04. The summed E-state index contributed by atoms with van der Waals surface area (Å²) in [5.41, 5.74) is 7.05. The van der Waals surface area contributed by atoms with Crippen molar-refractivity contribution >= 4 is 5.84 Å². The first-order chi connectivity index (χ1) is 7.75. The molecule has 1 aliphatic heterocycles. The second kappa shape index (κ2) is 5.01. The van der Waals surface area contributed by atoms with Crippen LogP contribution in [0.25, 0.3) is 0 Å². The molecule has 0 radical (unpaired) electrons. The highest BCUT2D eigenvalue weighted by atomic mass is 15.5. The van der Waals surface area contributed by atoms with Gasteiger partial charge in [0.15, 0.2) is 0 Å². The second-order valence-corrected chi connectivity index (χ2v) is 4.40. The predicted octanol–water partition coefficient (Wildman–Crippen LogP) is 2.16. The van der Waals surface area contributed by atoms with E-state index in [1.54, 1.807) is 0 Å². The molecular formula is C13H19N3. The molecule has 1 aliphatic rings. The van der Waals surface area contributed by atoms with Crippen molar-refractivity contribution in [1.82, 2.24) is 5.01 Å². The Kier molecular flexibility index (Phi) is 3.44. The Hall–Kier alpha value is -1.51. The van der Waals surface area contributed by atoms with E-state index in [4.69, 9.17) is 5.73 Å². The number of benzene rings is 1. The molecular weight excluding hydrogens is 198 g/mol. The summed E-state index contributed by atoms with van der Waals surface area (Å²) < 4.78 is 0. The minimum Gasteiger partial charge on any atom is -0.386 e. The van der Waals surface area contributed by atoms with Crippen LogP contribution in [-0.4, -0.2) is 23.9 Å². The smallest absolute Gasteiger partial charge is 0.121 e. The first-order valence-electron chi connectivity index (χ1n) is 5.88. The molecule has 0 fully saturated rings. The van der Waals surface area contributed by atoms with E-state index in [-0.39, 0.29) is 0 Å². The summed E-state index contributed by atoms with van der Waals surface area (Å²) in [5.74, 6) is 1.35. The minimum atomic E-state index is 0.582. The van der Waals surface area contributed by atoms with Gasteiger partial charge in [0.05, 0.1) is 0 Å². The fourth-order valence-electron chi connectivity index (χ4n) is 1.98. The molecule has 0 saturated heterocycles. The lowest BCUT2D eigenvalue weighted by molar-refractivity contribution is 0.305. The van der Waals surface area contributed by atoms with Gasteiger partial charge in [-0.05, 0) is 17.9 Å². The van der Waals surface area contributed by atoms with Crippen LogP contribution in [0.4, 0.5) is 0 Å². The van der Waals surface area contributed by atoms with Gasteiger partial charge in [0, 0.05) is 19.5 Å². The van der Waals surface area contributed by atoms with Gasteiger partial charge in [-0.1, -0.05) is 37.3 Å². The third kappa shape index (κ3) is 2.75. The van der Waals surface area contributed by atoms with E-state index in [0.29, 0.717) is 5.92 Å². The monoisotopic (exact) mass is 217 g/mol. The molecule has 1 aromatic rings. The van der Waals surface area contributed by atoms with Gasteiger partial charge in [0.1, 0.15) is 5.84 Å². The van der Waals surface area contributed by atoms with E-state index in [9.17, 15) is 0 Å². The number of amidine groups is 1. The highest BCUT2D eigenvalue weighted by Gasteiger charge is 2.13. The molecule has 1 heterocycles. The first-order valence-corrected chi connectivity index (χ1v) is 5.88. The lowest BCUT2D eigenvalue weighted by Gasteiger charge is -2.17. The van der Waals surface area contributed by atoms with Crippen molar-refractivity contribution in [2.75, 3.05) is 13.1 Å². The number of hydrogen-bond acceptors (Lipinski definition) is 3. The molecule has 0 aliphatic carbocycles. The van der Waals surface area contributed by atoms with Gasteiger partial charge in [-0.2, -0.15) is 5.10 Å². The summed E-state index contributed by atoms with van der Waals surface area (Å²) in [5, 5.41) is 6.36. The molecule has 3 nitrogen and oxygen atoms in total. The largest absolute Gasteiger partial charge is 0.386 e. The standard InChI is InChI=1S/C13H19N3/c1-11(12-5-3-2-4-6-12)7-9-16-10-8-13(14)15-16/h2-6,11H,7-10H2,1H3,(H2,14,15). The van der Waals surface area contributed by atoms with Crippen LogP contribution >= 0.6 is 0 Å². The zero-order valence-electron chi connectivity index (χ0n) is 9.76. The summed E-state index contributed by atoms with van der Waals surface area (Å²) >= 11 is 0. The molecule has 2 rings (SSSR count). The Balaban J connectivity index is 1.82. The average molecular weight is 217 g/mol. The fraction of sp³-hybridized carbons (Fsp3) is 0.462. The van der Waals surface area contributed by atoms with Crippen LogP contribution in [0.1, 0.15) is 31.2 Å². The van der Waals surface area contributed by atoms with Crippen LogP contribution in [-0.2, 0) is 0 Å². The van der Waals surface area contributed by atoms with Gasteiger partial charge >= 0.3 is 0 Å². The fourth-order valence-corrected chi connectivity index (χ4v) is 1.98. The van der Waals surface area contributed by atoms with Crippen LogP contribution in [0.3, 0.4) is 0 Å². The Morgan fingerprint density at radius 3 is 2.75 bits per heavy atom. The van der Waals surface area contributed by atoms with Crippen molar-refractivity contribution in [3.8, 4) is 0 Å². The van der Waals surface area contributed by atoms with E-state index >= 15 is 0 Å². The zero-order valence-corrected chi connectivity index (χ0v) is 9.76. The highest BCUT2D eigenvalue weighted by Crippen LogP contribution is 2.19. The van der Waals surface area contributed by atoms with Crippen LogP contribution in [0.2, 0.25) is 0 Å². The molecule has 3 heteroatoms. The van der Waals surface area contributed by atoms with Gasteiger partial charge in [-0.25, -0.2) is 0 Å². The maximum atomic E-state index is 5.65. The van der Waals surface area contributed by atoms with Crippen LogP contribution < -0.4 is 5.73 Å². The van der Waals surface area contributed by atoms with Crippen molar-refractivity contribution < 1.29 is 0 Å². The van der Waals surface area contributed by atoms with Crippen molar-refractivity contribution in [2.45, 2.75) is 25.7 Å². The molecule has 0 bridgehead atoms. The number of hydrazone groups is 1. The van der Waals surface area contributed by atoms with Crippen LogP contribution in [0, 0.1) is 0 Å². The summed E-state index contributed by atoms with van der Waals surface area (Å²) in [7, 11) is 0. The Morgan fingerprint density at radius 1 is 1.38 bits per heavy atom.